The molecule has 12 nitrogen and oxygen atoms in total. The topological polar surface area (TPSA) is 166 Å². The van der Waals surface area contributed by atoms with E-state index in [1.807, 2.05) is 0 Å². The second-order valence-corrected chi connectivity index (χ2v) is 11.6. The van der Waals surface area contributed by atoms with Crippen LogP contribution in [0, 0.1) is 5.92 Å². The first-order valence-corrected chi connectivity index (χ1v) is 15.0. The van der Waals surface area contributed by atoms with Crippen molar-refractivity contribution in [3.8, 4) is 0 Å². The van der Waals surface area contributed by atoms with Gasteiger partial charge in [-0.3, -0.25) is 0 Å². The smallest absolute Gasteiger partial charge is 0.187 e. The first-order valence-electron chi connectivity index (χ1n) is 15.0. The lowest BCUT2D eigenvalue weighted by Crippen LogP contribution is -2.63. The van der Waals surface area contributed by atoms with Crippen LogP contribution in [0.1, 0.15) is 65.2 Å². The van der Waals surface area contributed by atoms with Gasteiger partial charge in [0.25, 0.3) is 0 Å². The average molecular weight is 579 g/mol. The molecule has 0 aromatic rings. The van der Waals surface area contributed by atoms with E-state index < -0.39 is 80.2 Å². The molecule has 5 N–H and O–H groups in total. The molecule has 1 saturated carbocycles. The molecule has 3 aliphatic heterocycles. The van der Waals surface area contributed by atoms with E-state index in [0.29, 0.717) is 19.6 Å². The minimum Gasteiger partial charge on any atom is -0.394 e. The third-order valence-corrected chi connectivity index (χ3v) is 8.81. The van der Waals surface area contributed by atoms with Gasteiger partial charge in [-0.15, -0.1) is 0 Å². The average Bonchev–Trinajstić information content (AvgIpc) is 2.95. The van der Waals surface area contributed by atoms with Gasteiger partial charge in [0.15, 0.2) is 12.6 Å². The Morgan fingerprint density at radius 3 is 2.30 bits per heavy atom. The SMILES string of the molecule is CC[C@@H]1CCC[C@@H](O[C@@H]2OC(CO)[C@H](O)C3O[C@@H](COC)CCCCCOC32)C1O[C@@H]1OC(C)[C@@H](O)C(O)[C@@H]1O. The second-order valence-electron chi connectivity index (χ2n) is 11.6. The van der Waals surface area contributed by atoms with E-state index in [-0.39, 0.29) is 12.0 Å². The Kier molecular flexibility index (Phi) is 12.4. The Morgan fingerprint density at radius 2 is 1.57 bits per heavy atom. The fourth-order valence-electron chi connectivity index (χ4n) is 6.40. The summed E-state index contributed by atoms with van der Waals surface area (Å²) in [5.74, 6) is 0.0831. The maximum atomic E-state index is 11.1. The molecule has 234 valence electrons. The summed E-state index contributed by atoms with van der Waals surface area (Å²) < 4.78 is 42.7. The van der Waals surface area contributed by atoms with Gasteiger partial charge in [0.05, 0.1) is 37.6 Å². The van der Waals surface area contributed by atoms with Gasteiger partial charge >= 0.3 is 0 Å². The number of hydrogen-bond donors (Lipinski definition) is 5. The molecule has 12 heteroatoms. The Labute approximate surface area is 236 Å². The van der Waals surface area contributed by atoms with Gasteiger partial charge < -0.3 is 58.7 Å². The van der Waals surface area contributed by atoms with Gasteiger partial charge in [0, 0.05) is 13.7 Å². The summed E-state index contributed by atoms with van der Waals surface area (Å²) in [5.41, 5.74) is 0. The van der Waals surface area contributed by atoms with Gasteiger partial charge in [-0.25, -0.2) is 0 Å². The van der Waals surface area contributed by atoms with Crippen LogP contribution in [0.5, 0.6) is 0 Å². The van der Waals surface area contributed by atoms with Crippen LogP contribution in [0.15, 0.2) is 0 Å². The highest BCUT2D eigenvalue weighted by Gasteiger charge is 2.51. The lowest BCUT2D eigenvalue weighted by atomic mass is 9.82. The Bertz CT molecular complexity index is 744. The van der Waals surface area contributed by atoms with E-state index >= 15 is 0 Å². The highest BCUT2D eigenvalue weighted by molar-refractivity contribution is 4.95. The monoisotopic (exact) mass is 578 g/mol. The van der Waals surface area contributed by atoms with Crippen LogP contribution in [-0.2, 0) is 33.2 Å². The van der Waals surface area contributed by atoms with Crippen molar-refractivity contribution >= 4 is 0 Å². The number of hydrogen-bond acceptors (Lipinski definition) is 12. The standard InChI is InChI=1S/C28H50O12/c1-4-16-9-8-11-18(24(16)40-27-23(33)22(32)20(30)15(2)36-27)38-28-26-25(21(31)19(13-29)39-28)37-17(14-34-3)10-6-5-7-12-35-26/h15-33H,4-14H2,1-3H3/t15?,16-,17-,18-,19?,20-,21+,22?,23+,24?,25?,26?,27+,28-/m1/s1. The van der Waals surface area contributed by atoms with E-state index in [1.54, 1.807) is 14.0 Å². The summed E-state index contributed by atoms with van der Waals surface area (Å²) in [6.07, 6.45) is -5.02. The highest BCUT2D eigenvalue weighted by atomic mass is 16.7. The van der Waals surface area contributed by atoms with Crippen molar-refractivity contribution in [3.05, 3.63) is 0 Å². The molecule has 14 atom stereocenters. The number of rotatable bonds is 8. The summed E-state index contributed by atoms with van der Waals surface area (Å²) in [6.45, 7) is 4.06. The number of fused-ring (bicyclic) bond motifs is 1. The molecule has 1 aliphatic carbocycles. The van der Waals surface area contributed by atoms with Crippen molar-refractivity contribution in [1.29, 1.82) is 0 Å². The van der Waals surface area contributed by atoms with Crippen LogP contribution < -0.4 is 0 Å². The van der Waals surface area contributed by atoms with Crippen molar-refractivity contribution in [1.82, 2.24) is 0 Å². The Hall–Kier alpha value is -0.480. The predicted octanol–water partition coefficient (Wildman–Crippen LogP) is 0.232. The summed E-state index contributed by atoms with van der Waals surface area (Å²) in [4.78, 5) is 0. The zero-order valence-electron chi connectivity index (χ0n) is 24.0. The molecular formula is C28H50O12. The molecule has 3 heterocycles. The molecule has 6 unspecified atom stereocenters. The van der Waals surface area contributed by atoms with Crippen molar-refractivity contribution in [3.63, 3.8) is 0 Å². The van der Waals surface area contributed by atoms with Gasteiger partial charge in [-0.1, -0.05) is 32.6 Å². The molecule has 4 aliphatic rings. The summed E-state index contributed by atoms with van der Waals surface area (Å²) in [5, 5.41) is 52.2. The Balaban J connectivity index is 1.55. The van der Waals surface area contributed by atoms with Gasteiger partial charge in [-0.05, 0) is 38.5 Å². The van der Waals surface area contributed by atoms with Gasteiger partial charge in [0.2, 0.25) is 0 Å². The van der Waals surface area contributed by atoms with Crippen LogP contribution in [0.2, 0.25) is 0 Å². The predicted molar refractivity (Wildman–Crippen MR) is 140 cm³/mol. The minimum absolute atomic E-state index is 0.0831. The van der Waals surface area contributed by atoms with Crippen LogP contribution >= 0.6 is 0 Å². The fraction of sp³-hybridized carbons (Fsp3) is 1.00. The molecule has 0 radical (unpaired) electrons. The molecule has 4 rings (SSSR count). The van der Waals surface area contributed by atoms with Crippen molar-refractivity contribution < 1.29 is 58.7 Å². The maximum absolute atomic E-state index is 11.1. The lowest BCUT2D eigenvalue weighted by molar-refractivity contribution is -0.354. The van der Waals surface area contributed by atoms with E-state index in [0.717, 1.165) is 44.9 Å². The minimum atomic E-state index is -1.43. The summed E-state index contributed by atoms with van der Waals surface area (Å²) >= 11 is 0. The second kappa shape index (κ2) is 15.3. The van der Waals surface area contributed by atoms with Crippen molar-refractivity contribution in [2.75, 3.05) is 26.9 Å². The molecule has 0 aromatic carbocycles. The number of aliphatic hydroxyl groups excluding tert-OH is 5. The van der Waals surface area contributed by atoms with Crippen LogP contribution in [0.3, 0.4) is 0 Å². The first kappa shape index (κ1) is 32.4. The third kappa shape index (κ3) is 7.53. The summed E-state index contributed by atoms with van der Waals surface area (Å²) in [7, 11) is 1.61. The molecule has 0 spiro atoms. The number of methoxy groups -OCH3 is 1. The molecule has 0 bridgehead atoms. The van der Waals surface area contributed by atoms with Crippen LogP contribution in [0.4, 0.5) is 0 Å². The zero-order chi connectivity index (χ0) is 28.8. The Morgan fingerprint density at radius 1 is 0.775 bits per heavy atom. The van der Waals surface area contributed by atoms with Gasteiger partial charge in [-0.2, -0.15) is 0 Å². The number of ether oxygens (including phenoxy) is 7. The van der Waals surface area contributed by atoms with E-state index in [4.69, 9.17) is 33.2 Å². The first-order chi connectivity index (χ1) is 19.3. The third-order valence-electron chi connectivity index (χ3n) is 8.81. The van der Waals surface area contributed by atoms with E-state index in [9.17, 15) is 25.5 Å². The van der Waals surface area contributed by atoms with E-state index in [1.165, 1.54) is 0 Å². The normalized spacial score (nSPS) is 47.4. The fourth-order valence-corrected chi connectivity index (χ4v) is 6.40. The maximum Gasteiger partial charge on any atom is 0.187 e. The molecular weight excluding hydrogens is 528 g/mol. The van der Waals surface area contributed by atoms with Gasteiger partial charge in [0.1, 0.15) is 42.7 Å². The van der Waals surface area contributed by atoms with Crippen LogP contribution in [0.25, 0.3) is 0 Å². The largest absolute Gasteiger partial charge is 0.394 e. The molecule has 0 amide bonds. The van der Waals surface area contributed by atoms with Crippen molar-refractivity contribution in [2.24, 2.45) is 5.92 Å². The highest BCUT2D eigenvalue weighted by Crippen LogP contribution is 2.37. The zero-order valence-corrected chi connectivity index (χ0v) is 24.0. The summed E-state index contributed by atoms with van der Waals surface area (Å²) in [6, 6.07) is 0. The molecule has 3 saturated heterocycles. The van der Waals surface area contributed by atoms with E-state index in [2.05, 4.69) is 6.92 Å². The van der Waals surface area contributed by atoms with Crippen molar-refractivity contribution in [2.45, 2.75) is 145 Å². The lowest BCUT2D eigenvalue weighted by Gasteiger charge is -2.48. The number of aliphatic hydroxyl groups is 5. The molecule has 0 aromatic heterocycles. The van der Waals surface area contributed by atoms with Crippen LogP contribution in [-0.4, -0.2) is 132 Å². The molecule has 40 heavy (non-hydrogen) atoms. The molecule has 4 fully saturated rings. The quantitative estimate of drug-likeness (QED) is 0.267.